The minimum Gasteiger partial charge on any atom is -0.366 e. The highest BCUT2D eigenvalue weighted by molar-refractivity contribution is 6.31. The molecule has 7 rings (SSSR count). The molecule has 13 heteroatoms. The zero-order chi connectivity index (χ0) is 31.4. The Morgan fingerprint density at radius 3 is 2.42 bits per heavy atom. The zero-order valence-electron chi connectivity index (χ0n) is 25.0. The van der Waals surface area contributed by atoms with Gasteiger partial charge in [-0.25, -0.2) is 4.79 Å². The van der Waals surface area contributed by atoms with Gasteiger partial charge >= 0.3 is 5.69 Å². The van der Waals surface area contributed by atoms with Crippen molar-refractivity contribution in [1.29, 1.82) is 0 Å². The lowest BCUT2D eigenvalue weighted by Gasteiger charge is -2.39. The Morgan fingerprint density at radius 2 is 1.67 bits per heavy atom. The van der Waals surface area contributed by atoms with Crippen LogP contribution in [0.3, 0.4) is 0 Å². The van der Waals surface area contributed by atoms with Gasteiger partial charge in [-0.1, -0.05) is 41.9 Å². The Morgan fingerprint density at radius 1 is 0.911 bits per heavy atom. The molecular weight excluding hydrogens is 596 g/mol. The number of imidazole rings is 1. The highest BCUT2D eigenvalue weighted by Gasteiger charge is 2.33. The third-order valence-corrected chi connectivity index (χ3v) is 9.31. The van der Waals surface area contributed by atoms with E-state index in [1.807, 2.05) is 52.3 Å². The van der Waals surface area contributed by atoms with E-state index in [9.17, 15) is 19.2 Å². The molecule has 0 aliphatic carbocycles. The van der Waals surface area contributed by atoms with Crippen LogP contribution in [-0.4, -0.2) is 74.2 Å². The maximum absolute atomic E-state index is 13.8. The monoisotopic (exact) mass is 628 g/mol. The molecule has 2 aromatic carbocycles. The van der Waals surface area contributed by atoms with Crippen molar-refractivity contribution in [3.63, 3.8) is 0 Å². The molecule has 0 spiro atoms. The predicted octanol–water partition coefficient (Wildman–Crippen LogP) is 2.69. The molecule has 0 saturated carbocycles. The fourth-order valence-corrected chi connectivity index (χ4v) is 6.87. The molecule has 45 heavy (non-hydrogen) atoms. The van der Waals surface area contributed by atoms with Crippen molar-refractivity contribution in [3.8, 4) is 11.1 Å². The average molecular weight is 629 g/mol. The molecule has 2 aliphatic heterocycles. The van der Waals surface area contributed by atoms with Crippen molar-refractivity contribution in [2.75, 3.05) is 49.1 Å². The van der Waals surface area contributed by atoms with Crippen LogP contribution in [0, 0.1) is 5.92 Å². The first-order valence-corrected chi connectivity index (χ1v) is 15.4. The number of benzene rings is 2. The van der Waals surface area contributed by atoms with Crippen LogP contribution < -0.4 is 26.6 Å². The van der Waals surface area contributed by atoms with Gasteiger partial charge in [0.15, 0.2) is 11.2 Å². The summed E-state index contributed by atoms with van der Waals surface area (Å²) in [4.78, 5) is 69.0. The number of halogens is 1. The van der Waals surface area contributed by atoms with Gasteiger partial charge < -0.3 is 24.7 Å². The summed E-state index contributed by atoms with van der Waals surface area (Å²) in [5, 5.41) is 1.44. The first kappa shape index (κ1) is 28.9. The summed E-state index contributed by atoms with van der Waals surface area (Å²) in [5.74, 6) is 0.317. The summed E-state index contributed by atoms with van der Waals surface area (Å²) < 4.78 is 2.40. The lowest BCUT2D eigenvalue weighted by Crippen LogP contribution is -2.53. The van der Waals surface area contributed by atoms with Crippen molar-refractivity contribution in [2.45, 2.75) is 12.8 Å². The van der Waals surface area contributed by atoms with Crippen LogP contribution in [0.25, 0.3) is 33.2 Å². The van der Waals surface area contributed by atoms with Crippen LogP contribution in [0.1, 0.15) is 12.8 Å². The Balaban J connectivity index is 1.12. The van der Waals surface area contributed by atoms with Gasteiger partial charge in [-0.15, -0.1) is 0 Å². The summed E-state index contributed by atoms with van der Waals surface area (Å²) in [6.07, 6.45) is 1.53. The van der Waals surface area contributed by atoms with Crippen LogP contribution >= 0.6 is 11.6 Å². The molecule has 2 aliphatic rings. The third kappa shape index (κ3) is 4.98. The number of carbonyl (C=O) groups excluding carboxylic acids is 1. The van der Waals surface area contributed by atoms with Crippen molar-refractivity contribution in [2.24, 2.45) is 20.0 Å². The minimum atomic E-state index is -0.437. The van der Waals surface area contributed by atoms with Gasteiger partial charge in [0.25, 0.3) is 11.1 Å². The number of hydrogen-bond acceptors (Lipinski definition) is 7. The Kier molecular flexibility index (Phi) is 7.23. The maximum Gasteiger partial charge on any atom is 0.332 e. The number of nitrogens with one attached hydrogen (secondary N) is 2. The van der Waals surface area contributed by atoms with Crippen LogP contribution in [0.4, 0.5) is 11.6 Å². The molecule has 0 bridgehead atoms. The van der Waals surface area contributed by atoms with Crippen molar-refractivity contribution >= 4 is 51.2 Å². The van der Waals surface area contributed by atoms with Gasteiger partial charge in [-0.3, -0.25) is 23.5 Å². The second-order valence-corrected chi connectivity index (χ2v) is 12.2. The fourth-order valence-electron chi connectivity index (χ4n) is 6.70. The second kappa shape index (κ2) is 11.3. The summed E-state index contributed by atoms with van der Waals surface area (Å²) in [6.45, 7) is 3.15. The van der Waals surface area contributed by atoms with Gasteiger partial charge in [-0.05, 0) is 36.6 Å². The van der Waals surface area contributed by atoms with E-state index in [4.69, 9.17) is 11.6 Å². The highest BCUT2D eigenvalue weighted by atomic mass is 35.5. The number of carbonyl (C=O) groups is 1. The largest absolute Gasteiger partial charge is 0.366 e. The average Bonchev–Trinajstić information content (AvgIpc) is 3.52. The predicted molar refractivity (Wildman–Crippen MR) is 175 cm³/mol. The molecule has 0 radical (unpaired) electrons. The molecular formula is C32H33ClN8O4. The van der Waals surface area contributed by atoms with Crippen molar-refractivity contribution in [3.05, 3.63) is 84.7 Å². The summed E-state index contributed by atoms with van der Waals surface area (Å²) in [6, 6.07) is 15.3. The van der Waals surface area contributed by atoms with Crippen LogP contribution in [0.2, 0.25) is 5.02 Å². The van der Waals surface area contributed by atoms with E-state index < -0.39 is 11.2 Å². The number of hydrogen-bond donors (Lipinski definition) is 2. The topological polar surface area (TPSA) is 132 Å². The number of piperidine rings is 1. The molecule has 232 valence electrons. The number of amides is 1. The van der Waals surface area contributed by atoms with Gasteiger partial charge in [0.05, 0.1) is 5.92 Å². The second-order valence-electron chi connectivity index (χ2n) is 11.8. The molecule has 5 heterocycles. The Hall–Kier alpha value is -4.84. The number of aromatic nitrogens is 5. The lowest BCUT2D eigenvalue weighted by atomic mass is 9.93. The number of nitrogens with zero attached hydrogens (tertiary/aromatic N) is 6. The van der Waals surface area contributed by atoms with Gasteiger partial charge in [0.1, 0.15) is 5.69 Å². The van der Waals surface area contributed by atoms with Crippen LogP contribution in [-0.2, 0) is 18.9 Å². The normalized spacial score (nSPS) is 17.4. The highest BCUT2D eigenvalue weighted by Crippen LogP contribution is 2.37. The number of fused-ring (bicyclic) bond motifs is 2. The molecule has 5 aromatic rings. The number of rotatable bonds is 4. The SMILES string of the molecule is Cn1c(=O)c2[nH]c(N3CCN(C(=O)[C@H]4CCCN(c5c(-c6ccccc6)c6cc(Cl)ccc6[nH]c5=O)C4)CC3)nc2n(C)c1=O. The Bertz CT molecular complexity index is 2130. The van der Waals surface area contributed by atoms with Gasteiger partial charge in [0, 0.05) is 74.9 Å². The van der Waals surface area contributed by atoms with E-state index in [0.29, 0.717) is 67.1 Å². The first-order valence-electron chi connectivity index (χ1n) is 15.1. The number of pyridine rings is 1. The zero-order valence-corrected chi connectivity index (χ0v) is 25.8. The minimum absolute atomic E-state index is 0.0711. The number of aryl methyl sites for hydroxylation is 1. The van der Waals surface area contributed by atoms with E-state index in [2.05, 4.69) is 19.9 Å². The number of H-pyrrole nitrogens is 2. The van der Waals surface area contributed by atoms with E-state index in [1.165, 1.54) is 11.6 Å². The molecule has 1 amide bonds. The number of aromatic amines is 2. The molecule has 3 aromatic heterocycles. The summed E-state index contributed by atoms with van der Waals surface area (Å²) in [7, 11) is 3.03. The molecule has 2 fully saturated rings. The summed E-state index contributed by atoms with van der Waals surface area (Å²) >= 11 is 6.41. The molecule has 0 unspecified atom stereocenters. The van der Waals surface area contributed by atoms with Gasteiger partial charge in [0.2, 0.25) is 11.9 Å². The molecule has 2 N–H and O–H groups in total. The van der Waals surface area contributed by atoms with Crippen LogP contribution in [0.15, 0.2) is 62.9 Å². The molecule has 1 atom stereocenters. The fraction of sp³-hybridized carbons (Fsp3) is 0.344. The first-order chi connectivity index (χ1) is 21.7. The lowest BCUT2D eigenvalue weighted by molar-refractivity contribution is -0.136. The number of piperazine rings is 1. The van der Waals surface area contributed by atoms with E-state index >= 15 is 0 Å². The standard InChI is InChI=1S/C32H33ClN8O4/c1-37-27-25(30(44)38(2)32(37)45)35-31(36-27)40-15-13-39(14-16-40)29(43)20-9-6-12-41(18-20)26-24(19-7-4-3-5-8-19)22-17-21(33)10-11-23(22)34-28(26)42/h3-5,7-8,10-11,17,20H,6,9,12-16,18H2,1-2H3,(H,34,42)(H,35,36)/t20-/m0/s1. The van der Waals surface area contributed by atoms with E-state index in [-0.39, 0.29) is 22.9 Å². The number of anilines is 2. The van der Waals surface area contributed by atoms with Crippen molar-refractivity contribution in [1.82, 2.24) is 29.0 Å². The van der Waals surface area contributed by atoms with E-state index in [0.717, 1.165) is 33.9 Å². The molecule has 2 saturated heterocycles. The van der Waals surface area contributed by atoms with E-state index in [1.54, 1.807) is 13.1 Å². The van der Waals surface area contributed by atoms with Gasteiger partial charge in [-0.2, -0.15) is 4.98 Å². The molecule has 12 nitrogen and oxygen atoms in total. The smallest absolute Gasteiger partial charge is 0.332 e. The quantitative estimate of drug-likeness (QED) is 0.313. The maximum atomic E-state index is 13.8. The summed E-state index contributed by atoms with van der Waals surface area (Å²) in [5.41, 5.74) is 2.53. The third-order valence-electron chi connectivity index (χ3n) is 9.07. The van der Waals surface area contributed by atoms with Crippen LogP contribution in [0.5, 0.6) is 0 Å². The van der Waals surface area contributed by atoms with Crippen molar-refractivity contribution < 1.29 is 4.79 Å². The Labute approximate surface area is 262 Å².